The number of halogens is 2. The highest BCUT2D eigenvalue weighted by molar-refractivity contribution is 7.08. The van der Waals surface area contributed by atoms with Gasteiger partial charge in [-0.3, -0.25) is 4.79 Å². The number of nitrogens with one attached hydrogen (secondary N) is 1. The van der Waals surface area contributed by atoms with Crippen molar-refractivity contribution in [2.24, 2.45) is 0 Å². The van der Waals surface area contributed by atoms with E-state index in [0.717, 1.165) is 30.8 Å². The number of carbonyl (C=O) groups is 3. The Bertz CT molecular complexity index is 1170. The molecule has 1 fully saturated rings. The number of carbonyl (C=O) groups excluding carboxylic acids is 3. The van der Waals surface area contributed by atoms with Gasteiger partial charge in [0.25, 0.3) is 5.91 Å². The first-order valence-corrected chi connectivity index (χ1v) is 17.3. The molecule has 0 bridgehead atoms. The lowest BCUT2D eigenvalue weighted by molar-refractivity contribution is 0.0524. The molecule has 2 heterocycles. The summed E-state index contributed by atoms with van der Waals surface area (Å²) in [6.07, 6.45) is 0.335. The van der Waals surface area contributed by atoms with E-state index in [9.17, 15) is 23.2 Å². The van der Waals surface area contributed by atoms with Gasteiger partial charge in [-0.05, 0) is 55.2 Å². The first-order valence-electron chi connectivity index (χ1n) is 12.8. The van der Waals surface area contributed by atoms with Crippen LogP contribution in [-0.4, -0.2) is 81.3 Å². The molecule has 9 nitrogen and oxygen atoms in total. The Kier molecular flexibility index (Phi) is 11.0. The third-order valence-corrected chi connectivity index (χ3v) is 8.67. The lowest BCUT2D eigenvalue weighted by Crippen LogP contribution is -2.29. The van der Waals surface area contributed by atoms with E-state index < -0.39 is 37.9 Å². The van der Waals surface area contributed by atoms with Gasteiger partial charge in [0.1, 0.15) is 29.0 Å². The third-order valence-electron chi connectivity index (χ3n) is 6.14. The Balaban J connectivity index is 1.62. The van der Waals surface area contributed by atoms with Crippen molar-refractivity contribution in [1.82, 2.24) is 14.6 Å². The molecule has 1 N–H and O–H groups in total. The van der Waals surface area contributed by atoms with Crippen LogP contribution in [0.2, 0.25) is 25.7 Å². The maximum atomic E-state index is 14.5. The first-order chi connectivity index (χ1) is 18.5. The molecule has 3 rings (SSSR count). The monoisotopic (exact) mass is 583 g/mol. The average Bonchev–Trinajstić information content (AvgIpc) is 3.50. The highest BCUT2D eigenvalue weighted by Crippen LogP contribution is 2.28. The molecule has 0 aliphatic carbocycles. The zero-order valence-electron chi connectivity index (χ0n) is 22.7. The molecule has 1 aliphatic heterocycles. The second-order valence-corrected chi connectivity index (χ2v) is 16.9. The second kappa shape index (κ2) is 13.9. The summed E-state index contributed by atoms with van der Waals surface area (Å²) >= 11 is 0.758. The van der Waals surface area contributed by atoms with E-state index >= 15 is 0 Å². The van der Waals surface area contributed by atoms with E-state index in [1.807, 2.05) is 4.90 Å². The maximum Gasteiger partial charge on any atom is 0.345 e. The van der Waals surface area contributed by atoms with Gasteiger partial charge in [-0.2, -0.15) is 4.37 Å². The van der Waals surface area contributed by atoms with Crippen molar-refractivity contribution in [3.8, 4) is 5.88 Å². The minimum Gasteiger partial charge on any atom is -0.471 e. The zero-order chi connectivity index (χ0) is 28.6. The fraction of sp³-hybridized carbons (Fsp3) is 0.538. The summed E-state index contributed by atoms with van der Waals surface area (Å²) in [5.41, 5.74) is 0.0668. The van der Waals surface area contributed by atoms with Crippen LogP contribution >= 0.6 is 11.5 Å². The number of hydrogen-bond donors (Lipinski definition) is 1. The van der Waals surface area contributed by atoms with Crippen molar-refractivity contribution in [3.05, 3.63) is 45.6 Å². The van der Waals surface area contributed by atoms with Gasteiger partial charge in [-0.25, -0.2) is 18.4 Å². The lowest BCUT2D eigenvalue weighted by atomic mass is 10.1. The molecule has 0 radical (unpaired) electrons. The Morgan fingerprint density at radius 3 is 2.67 bits per heavy atom. The van der Waals surface area contributed by atoms with Gasteiger partial charge >= 0.3 is 11.9 Å². The molecule has 0 unspecified atom stereocenters. The highest BCUT2D eigenvalue weighted by Gasteiger charge is 2.28. The molecule has 1 aromatic carbocycles. The lowest BCUT2D eigenvalue weighted by Gasteiger charge is -2.15. The van der Waals surface area contributed by atoms with Crippen molar-refractivity contribution >= 4 is 37.5 Å². The van der Waals surface area contributed by atoms with Gasteiger partial charge in [-0.1, -0.05) is 19.6 Å². The Morgan fingerprint density at radius 2 is 2.00 bits per heavy atom. The summed E-state index contributed by atoms with van der Waals surface area (Å²) in [6, 6.07) is 4.62. The predicted molar refractivity (Wildman–Crippen MR) is 146 cm³/mol. The number of rotatable bonds is 13. The summed E-state index contributed by atoms with van der Waals surface area (Å²) in [5.74, 6) is -2.70. The minimum absolute atomic E-state index is 0.00189. The van der Waals surface area contributed by atoms with Gasteiger partial charge in [0.05, 0.1) is 19.3 Å². The van der Waals surface area contributed by atoms with Crippen LogP contribution in [0, 0.1) is 5.82 Å². The summed E-state index contributed by atoms with van der Waals surface area (Å²) in [7, 11) is -0.217. The number of likely N-dealkylation sites (tertiary alicyclic amines) is 1. The number of amides is 1. The molecule has 13 heteroatoms. The number of nitrogens with zero attached hydrogens (tertiary/aromatic N) is 2. The molecule has 1 amide bonds. The molecule has 1 aliphatic rings. The van der Waals surface area contributed by atoms with Crippen LogP contribution in [0.3, 0.4) is 0 Å². The van der Waals surface area contributed by atoms with Crippen LogP contribution in [-0.2, 0) is 16.1 Å². The summed E-state index contributed by atoms with van der Waals surface area (Å²) < 4.78 is 47.6. The van der Waals surface area contributed by atoms with Crippen LogP contribution in [0.15, 0.2) is 18.2 Å². The molecule has 0 saturated carbocycles. The van der Waals surface area contributed by atoms with E-state index in [4.69, 9.17) is 14.2 Å². The van der Waals surface area contributed by atoms with E-state index in [-0.39, 0.29) is 34.1 Å². The predicted octanol–water partition coefficient (Wildman–Crippen LogP) is 4.31. The Labute approximate surface area is 232 Å². The number of ether oxygens (including phenoxy) is 3. The molecule has 1 saturated heterocycles. The maximum absolute atomic E-state index is 14.5. The SMILES string of the molecule is COC(=O)c1c(OCc2cc(C(=O)OCC[Si](C)(C)C)ccc2F)nsc1C(=O)NCCCN1CC[C@H](F)C1. The van der Waals surface area contributed by atoms with Crippen molar-refractivity contribution in [2.45, 2.75) is 51.3 Å². The average molecular weight is 584 g/mol. The second-order valence-electron chi connectivity index (χ2n) is 10.5. The zero-order valence-corrected chi connectivity index (χ0v) is 24.5. The fourth-order valence-electron chi connectivity index (χ4n) is 3.88. The van der Waals surface area contributed by atoms with Gasteiger partial charge in [-0.15, -0.1) is 0 Å². The largest absolute Gasteiger partial charge is 0.471 e. The topological polar surface area (TPSA) is 107 Å². The van der Waals surface area contributed by atoms with E-state index in [1.54, 1.807) is 0 Å². The normalized spacial score (nSPS) is 15.7. The van der Waals surface area contributed by atoms with Crippen LogP contribution in [0.5, 0.6) is 5.88 Å². The molecule has 214 valence electrons. The first kappa shape index (κ1) is 30.6. The van der Waals surface area contributed by atoms with Crippen LogP contribution in [0.4, 0.5) is 8.78 Å². The Hall–Kier alpha value is -2.90. The van der Waals surface area contributed by atoms with Crippen molar-refractivity contribution < 1.29 is 37.4 Å². The van der Waals surface area contributed by atoms with E-state index in [2.05, 4.69) is 29.3 Å². The van der Waals surface area contributed by atoms with E-state index in [1.165, 1.54) is 12.1 Å². The molecule has 1 aromatic heterocycles. The number of hydrogen-bond acceptors (Lipinski definition) is 9. The van der Waals surface area contributed by atoms with Crippen molar-refractivity contribution in [2.75, 3.05) is 39.9 Å². The molecule has 0 spiro atoms. The quantitative estimate of drug-likeness (QED) is 0.211. The number of esters is 2. The Morgan fingerprint density at radius 1 is 1.23 bits per heavy atom. The van der Waals surface area contributed by atoms with Crippen LogP contribution < -0.4 is 10.1 Å². The van der Waals surface area contributed by atoms with Crippen molar-refractivity contribution in [1.29, 1.82) is 0 Å². The van der Waals surface area contributed by atoms with Gasteiger partial charge in [0.2, 0.25) is 5.88 Å². The summed E-state index contributed by atoms with van der Waals surface area (Å²) in [6.45, 7) is 8.53. The molecule has 1 atom stereocenters. The number of methoxy groups -OCH3 is 1. The van der Waals surface area contributed by atoms with Gasteiger partial charge in [0.15, 0.2) is 0 Å². The number of alkyl halides is 1. The molecule has 2 aromatic rings. The summed E-state index contributed by atoms with van der Waals surface area (Å²) in [5, 5.41) is 2.73. The third kappa shape index (κ3) is 9.07. The van der Waals surface area contributed by atoms with Crippen LogP contribution in [0.25, 0.3) is 0 Å². The molecular formula is C26H35F2N3O6SSi. The number of benzene rings is 1. The molecule has 39 heavy (non-hydrogen) atoms. The minimum atomic E-state index is -1.38. The fourth-order valence-corrected chi connectivity index (χ4v) is 5.33. The standard InChI is InChI=1S/C26H35F2N3O6SSi/c1-35-26(34)21-22(23(32)29-9-5-10-31-11-8-19(27)15-31)38-30-24(21)37-16-18-14-17(6-7-20(18)28)25(33)36-12-13-39(2,3)4/h6-7,14,19H,5,8-13,15-16H2,1-4H3,(H,29,32)/t19-/m0/s1. The smallest absolute Gasteiger partial charge is 0.345 e. The highest BCUT2D eigenvalue weighted by atomic mass is 32.1. The summed E-state index contributed by atoms with van der Waals surface area (Å²) in [4.78, 5) is 39.6. The van der Waals surface area contributed by atoms with Crippen molar-refractivity contribution in [3.63, 3.8) is 0 Å². The molecular weight excluding hydrogens is 548 g/mol. The van der Waals surface area contributed by atoms with Crippen LogP contribution in [0.1, 0.15) is 48.8 Å². The van der Waals surface area contributed by atoms with Gasteiger partial charge in [0, 0.05) is 33.3 Å². The van der Waals surface area contributed by atoms with E-state index in [0.29, 0.717) is 45.6 Å². The van der Waals surface area contributed by atoms with Gasteiger partial charge < -0.3 is 24.4 Å². The number of aromatic nitrogens is 1.